The highest BCUT2D eigenvalue weighted by Crippen LogP contribution is 2.38. The topological polar surface area (TPSA) is 49.0 Å². The second kappa shape index (κ2) is 6.96. The maximum atomic E-state index is 12.3. The largest absolute Gasteiger partial charge is 0.335 e. The monoisotopic (exact) mass is 365 g/mol. The van der Waals surface area contributed by atoms with Crippen LogP contribution < -0.4 is 0 Å². The molecular formula is C21H20ClN3O. The molecule has 1 N–H and O–H groups in total. The first kappa shape index (κ1) is 16.9. The first-order valence-corrected chi connectivity index (χ1v) is 9.15. The van der Waals surface area contributed by atoms with Crippen LogP contribution in [0.15, 0.2) is 54.6 Å². The second-order valence-corrected chi connectivity index (χ2v) is 7.08. The number of carbonyl (C=O) groups excluding carboxylic acids is 1. The highest BCUT2D eigenvalue weighted by atomic mass is 35.5. The summed E-state index contributed by atoms with van der Waals surface area (Å²) < 4.78 is 0. The summed E-state index contributed by atoms with van der Waals surface area (Å²) in [5.74, 6) is 0.0971. The predicted octanol–water partition coefficient (Wildman–Crippen LogP) is 4.42. The summed E-state index contributed by atoms with van der Waals surface area (Å²) in [4.78, 5) is 14.3. The lowest BCUT2D eigenvalue weighted by atomic mass is 9.89. The minimum Gasteiger partial charge on any atom is -0.335 e. The van der Waals surface area contributed by atoms with E-state index >= 15 is 0 Å². The van der Waals surface area contributed by atoms with Gasteiger partial charge in [-0.1, -0.05) is 54.1 Å². The third-order valence-corrected chi connectivity index (χ3v) is 5.24. The van der Waals surface area contributed by atoms with Gasteiger partial charge in [0.05, 0.1) is 11.7 Å². The summed E-state index contributed by atoms with van der Waals surface area (Å²) in [5.41, 5.74) is 5.37. The molecule has 0 bridgehead atoms. The molecule has 2 aromatic carbocycles. The zero-order valence-electron chi connectivity index (χ0n) is 14.6. The van der Waals surface area contributed by atoms with Crippen LogP contribution in [0.2, 0.25) is 5.02 Å². The first-order valence-electron chi connectivity index (χ1n) is 8.77. The van der Waals surface area contributed by atoms with Crippen molar-refractivity contribution in [1.29, 1.82) is 0 Å². The molecule has 0 spiro atoms. The molecule has 4 rings (SSSR count). The Hall–Kier alpha value is -2.59. The van der Waals surface area contributed by atoms with Crippen LogP contribution in [0.25, 0.3) is 11.3 Å². The molecule has 3 aromatic rings. The third-order valence-electron chi connectivity index (χ3n) is 4.99. The van der Waals surface area contributed by atoms with E-state index in [1.54, 1.807) is 6.92 Å². The van der Waals surface area contributed by atoms with Crippen LogP contribution in [0, 0.1) is 0 Å². The maximum absolute atomic E-state index is 12.3. The zero-order chi connectivity index (χ0) is 18.1. The fourth-order valence-electron chi connectivity index (χ4n) is 3.73. The molecule has 0 saturated heterocycles. The van der Waals surface area contributed by atoms with Gasteiger partial charge in [0.2, 0.25) is 5.91 Å². The number of carbonyl (C=O) groups is 1. The summed E-state index contributed by atoms with van der Waals surface area (Å²) in [7, 11) is 0. The molecule has 1 aliphatic rings. The van der Waals surface area contributed by atoms with Crippen molar-refractivity contribution < 1.29 is 4.79 Å². The van der Waals surface area contributed by atoms with Crippen molar-refractivity contribution in [2.24, 2.45) is 0 Å². The Bertz CT molecular complexity index is 918. The number of fused-ring (bicyclic) bond motifs is 1. The smallest absolute Gasteiger partial charge is 0.219 e. The zero-order valence-corrected chi connectivity index (χ0v) is 15.3. The molecule has 0 saturated carbocycles. The summed E-state index contributed by atoms with van der Waals surface area (Å²) in [5, 5.41) is 8.47. The fourth-order valence-corrected chi connectivity index (χ4v) is 3.86. The number of nitrogens with one attached hydrogen (secondary N) is 1. The average Bonchev–Trinajstić information content (AvgIpc) is 3.08. The lowest BCUT2D eigenvalue weighted by molar-refractivity contribution is -0.131. The molecule has 1 amide bonds. The first-order chi connectivity index (χ1) is 12.6. The van der Waals surface area contributed by atoms with Crippen molar-refractivity contribution in [3.63, 3.8) is 0 Å². The molecule has 0 radical (unpaired) electrons. The van der Waals surface area contributed by atoms with E-state index in [2.05, 4.69) is 22.3 Å². The van der Waals surface area contributed by atoms with Crippen LogP contribution in [-0.4, -0.2) is 27.5 Å². The van der Waals surface area contributed by atoms with Crippen LogP contribution in [-0.2, 0) is 17.6 Å². The van der Waals surface area contributed by atoms with Gasteiger partial charge in [0, 0.05) is 41.7 Å². The van der Waals surface area contributed by atoms with Gasteiger partial charge in [-0.15, -0.1) is 0 Å². The van der Waals surface area contributed by atoms with Gasteiger partial charge in [-0.3, -0.25) is 9.89 Å². The highest BCUT2D eigenvalue weighted by Gasteiger charge is 2.33. The Morgan fingerprint density at radius 2 is 1.92 bits per heavy atom. The molecule has 26 heavy (non-hydrogen) atoms. The van der Waals surface area contributed by atoms with Crippen LogP contribution in [0.5, 0.6) is 0 Å². The molecule has 132 valence electrons. The van der Waals surface area contributed by atoms with Gasteiger partial charge in [0.1, 0.15) is 0 Å². The number of aromatic amines is 1. The fraction of sp³-hybridized carbons (Fsp3) is 0.238. The van der Waals surface area contributed by atoms with Gasteiger partial charge >= 0.3 is 0 Å². The SMILES string of the molecule is CC(=O)N1CCc2[nH]nc(-c3ccc(Cl)cc3)c2C1Cc1ccccc1. The Kier molecular flexibility index (Phi) is 4.51. The summed E-state index contributed by atoms with van der Waals surface area (Å²) >= 11 is 6.04. The third kappa shape index (κ3) is 3.13. The van der Waals surface area contributed by atoms with Crippen molar-refractivity contribution in [2.75, 3.05) is 6.54 Å². The van der Waals surface area contributed by atoms with Crippen LogP contribution in [0.4, 0.5) is 0 Å². The van der Waals surface area contributed by atoms with Crippen LogP contribution in [0.3, 0.4) is 0 Å². The number of halogens is 1. The van der Waals surface area contributed by atoms with Crippen molar-refractivity contribution in [3.05, 3.63) is 76.4 Å². The molecule has 0 aliphatic carbocycles. The van der Waals surface area contributed by atoms with Gasteiger partial charge in [-0.05, 0) is 24.1 Å². The quantitative estimate of drug-likeness (QED) is 0.747. The van der Waals surface area contributed by atoms with Gasteiger partial charge < -0.3 is 4.90 Å². The molecular weight excluding hydrogens is 346 g/mol. The van der Waals surface area contributed by atoms with E-state index in [0.29, 0.717) is 11.6 Å². The van der Waals surface area contributed by atoms with Gasteiger partial charge in [-0.2, -0.15) is 5.10 Å². The predicted molar refractivity (Wildman–Crippen MR) is 103 cm³/mol. The highest BCUT2D eigenvalue weighted by molar-refractivity contribution is 6.30. The van der Waals surface area contributed by atoms with Crippen molar-refractivity contribution in [1.82, 2.24) is 15.1 Å². The van der Waals surface area contributed by atoms with Gasteiger partial charge in [0.15, 0.2) is 0 Å². The Morgan fingerprint density at radius 1 is 1.19 bits per heavy atom. The average molecular weight is 366 g/mol. The Labute approximate surface area is 157 Å². The van der Waals surface area contributed by atoms with E-state index in [4.69, 9.17) is 11.6 Å². The second-order valence-electron chi connectivity index (χ2n) is 6.64. The number of H-pyrrole nitrogens is 1. The molecule has 4 nitrogen and oxygen atoms in total. The number of hydrogen-bond acceptors (Lipinski definition) is 2. The molecule has 1 aromatic heterocycles. The lowest BCUT2D eigenvalue weighted by Crippen LogP contribution is -2.39. The van der Waals surface area contributed by atoms with E-state index in [0.717, 1.165) is 35.4 Å². The van der Waals surface area contributed by atoms with E-state index in [9.17, 15) is 4.79 Å². The molecule has 5 heteroatoms. The minimum absolute atomic E-state index is 0.0249. The number of aromatic nitrogens is 2. The Morgan fingerprint density at radius 3 is 2.62 bits per heavy atom. The Balaban J connectivity index is 1.80. The van der Waals surface area contributed by atoms with Gasteiger partial charge in [0.25, 0.3) is 0 Å². The van der Waals surface area contributed by atoms with Crippen molar-refractivity contribution >= 4 is 17.5 Å². The summed E-state index contributed by atoms with van der Waals surface area (Å²) in [6.07, 6.45) is 1.56. The molecule has 1 unspecified atom stereocenters. The lowest BCUT2D eigenvalue weighted by Gasteiger charge is -2.35. The van der Waals surface area contributed by atoms with Gasteiger partial charge in [-0.25, -0.2) is 0 Å². The molecule has 1 atom stereocenters. The number of amides is 1. The van der Waals surface area contributed by atoms with E-state index in [1.165, 1.54) is 5.56 Å². The number of hydrogen-bond donors (Lipinski definition) is 1. The van der Waals surface area contributed by atoms with E-state index in [1.807, 2.05) is 47.4 Å². The van der Waals surface area contributed by atoms with E-state index in [-0.39, 0.29) is 11.9 Å². The standard InChI is InChI=1S/C21H20ClN3O/c1-14(26)25-12-11-18-20(19(25)13-15-5-3-2-4-6-15)21(24-23-18)16-7-9-17(22)10-8-16/h2-10,19H,11-13H2,1H3,(H,23,24). The van der Waals surface area contributed by atoms with E-state index < -0.39 is 0 Å². The number of rotatable bonds is 3. The minimum atomic E-state index is -0.0249. The number of benzene rings is 2. The molecule has 1 aliphatic heterocycles. The van der Waals surface area contributed by atoms with Crippen molar-refractivity contribution in [3.8, 4) is 11.3 Å². The summed E-state index contributed by atoms with van der Waals surface area (Å²) in [6.45, 7) is 2.35. The molecule has 2 heterocycles. The maximum Gasteiger partial charge on any atom is 0.219 e. The van der Waals surface area contributed by atoms with Crippen LogP contribution >= 0.6 is 11.6 Å². The van der Waals surface area contributed by atoms with Crippen LogP contribution in [0.1, 0.15) is 29.8 Å². The van der Waals surface area contributed by atoms with Crippen molar-refractivity contribution in [2.45, 2.75) is 25.8 Å². The summed E-state index contributed by atoms with van der Waals surface area (Å²) in [6, 6.07) is 18.0. The number of nitrogens with zero attached hydrogens (tertiary/aromatic N) is 2. The normalized spacial score (nSPS) is 16.4. The molecule has 0 fully saturated rings.